The molecule has 0 aliphatic heterocycles. The minimum absolute atomic E-state index is 0.278. The van der Waals surface area contributed by atoms with Gasteiger partial charge in [0.15, 0.2) is 5.82 Å². The number of benzene rings is 2. The Hall–Kier alpha value is -4.43. The molecule has 0 fully saturated rings. The normalized spacial score (nSPS) is 11.8. The first kappa shape index (κ1) is 23.3. The second kappa shape index (κ2) is 10.5. The van der Waals surface area contributed by atoms with Crippen LogP contribution in [0.5, 0.6) is 0 Å². The summed E-state index contributed by atoms with van der Waals surface area (Å²) in [6.45, 7) is 0.471. The zero-order chi connectivity index (χ0) is 24.9. The lowest BCUT2D eigenvalue weighted by molar-refractivity contribution is -0.118. The molecule has 0 aliphatic rings. The first-order valence-corrected chi connectivity index (χ1v) is 11.8. The Bertz CT molecular complexity index is 1510. The summed E-state index contributed by atoms with van der Waals surface area (Å²) in [6.07, 6.45) is 5.62. The van der Waals surface area contributed by atoms with Crippen LogP contribution in [0.2, 0.25) is 5.02 Å². The highest BCUT2D eigenvalue weighted by Gasteiger charge is 2.25. The number of hydrogen-bond acceptors (Lipinski definition) is 4. The van der Waals surface area contributed by atoms with Crippen LogP contribution < -0.4 is 10.6 Å². The first-order valence-electron chi connectivity index (χ1n) is 11.4. The average molecular weight is 499 g/mol. The van der Waals surface area contributed by atoms with Crippen LogP contribution in [0, 0.1) is 0 Å². The van der Waals surface area contributed by atoms with Crippen LogP contribution in [0.15, 0.2) is 91.4 Å². The Morgan fingerprint density at radius 3 is 2.64 bits per heavy atom. The molecule has 9 heteroatoms. The molecule has 3 N–H and O–H groups in total. The molecule has 5 rings (SSSR count). The largest absolute Gasteiger partial charge is 0.361 e. The molecule has 1 atom stereocenters. The number of aromatic amines is 1. The van der Waals surface area contributed by atoms with Gasteiger partial charge in [0.05, 0.1) is 22.8 Å². The number of anilines is 1. The number of nitrogens with zero attached hydrogens (tertiary/aromatic N) is 3. The van der Waals surface area contributed by atoms with Gasteiger partial charge < -0.3 is 15.6 Å². The van der Waals surface area contributed by atoms with Crippen molar-refractivity contribution < 1.29 is 9.59 Å². The molecule has 2 amide bonds. The molecule has 1 unspecified atom stereocenters. The van der Waals surface area contributed by atoms with Gasteiger partial charge >= 0.3 is 0 Å². The van der Waals surface area contributed by atoms with E-state index >= 15 is 0 Å². The second-order valence-electron chi connectivity index (χ2n) is 8.28. The zero-order valence-electron chi connectivity index (χ0n) is 19.2. The van der Waals surface area contributed by atoms with Crippen molar-refractivity contribution >= 4 is 40.1 Å². The maximum absolute atomic E-state index is 13.4. The standard InChI is InChI=1S/C27H23ClN6O2/c28-22-10-3-1-9-21(22)26(35)31-24(15-18-16-30-23-11-4-2-8-20(18)23)27(36)32-25-12-14-34(33-25)17-19-7-5-6-13-29-19/h1-14,16,24,30H,15,17H2,(H,31,35)(H,32,33,36). The van der Waals surface area contributed by atoms with Gasteiger partial charge in [0.1, 0.15) is 6.04 Å². The van der Waals surface area contributed by atoms with Crippen LogP contribution in [-0.4, -0.2) is 37.6 Å². The van der Waals surface area contributed by atoms with Crippen molar-refractivity contribution in [2.24, 2.45) is 0 Å². The topological polar surface area (TPSA) is 105 Å². The maximum atomic E-state index is 13.4. The predicted octanol–water partition coefficient (Wildman–Crippen LogP) is 4.44. The zero-order valence-corrected chi connectivity index (χ0v) is 19.9. The number of fused-ring (bicyclic) bond motifs is 1. The molecule has 0 saturated heterocycles. The van der Waals surface area contributed by atoms with Gasteiger partial charge in [-0.3, -0.25) is 19.3 Å². The van der Waals surface area contributed by atoms with Crippen LogP contribution in [0.25, 0.3) is 10.9 Å². The van der Waals surface area contributed by atoms with E-state index < -0.39 is 11.9 Å². The van der Waals surface area contributed by atoms with E-state index in [1.807, 2.05) is 48.7 Å². The Kier molecular flexibility index (Phi) is 6.77. The third-order valence-corrected chi connectivity index (χ3v) is 6.11. The quantitative estimate of drug-likeness (QED) is 0.294. The number of carbonyl (C=O) groups is 2. The third kappa shape index (κ3) is 5.29. The molecule has 3 aromatic heterocycles. The molecule has 5 aromatic rings. The SMILES string of the molecule is O=C(NC(Cc1c[nH]c2ccccc12)C(=O)Nc1ccn(Cc2ccccn2)n1)c1ccccc1Cl. The third-order valence-electron chi connectivity index (χ3n) is 5.78. The van der Waals surface area contributed by atoms with Crippen molar-refractivity contribution in [3.8, 4) is 0 Å². The first-order chi connectivity index (χ1) is 17.6. The number of para-hydroxylation sites is 1. The molecule has 180 valence electrons. The summed E-state index contributed by atoms with van der Waals surface area (Å²) in [5, 5.41) is 11.4. The molecular weight excluding hydrogens is 476 g/mol. The lowest BCUT2D eigenvalue weighted by Gasteiger charge is -2.18. The lowest BCUT2D eigenvalue weighted by atomic mass is 10.0. The highest BCUT2D eigenvalue weighted by molar-refractivity contribution is 6.33. The molecule has 0 spiro atoms. The summed E-state index contributed by atoms with van der Waals surface area (Å²) in [7, 11) is 0. The smallest absolute Gasteiger partial charge is 0.253 e. The fourth-order valence-electron chi connectivity index (χ4n) is 4.00. The second-order valence-corrected chi connectivity index (χ2v) is 8.69. The van der Waals surface area contributed by atoms with E-state index in [0.29, 0.717) is 22.9 Å². The maximum Gasteiger partial charge on any atom is 0.253 e. The fourth-order valence-corrected chi connectivity index (χ4v) is 4.22. The number of hydrogen-bond donors (Lipinski definition) is 3. The van der Waals surface area contributed by atoms with Crippen molar-refractivity contribution in [1.29, 1.82) is 0 Å². The summed E-state index contributed by atoms with van der Waals surface area (Å²) in [6, 6.07) is 21.1. The number of carbonyl (C=O) groups excluding carboxylic acids is 2. The molecule has 0 radical (unpaired) electrons. The van der Waals surface area contributed by atoms with Crippen LogP contribution in [-0.2, 0) is 17.8 Å². The van der Waals surface area contributed by atoms with Gasteiger partial charge in [-0.05, 0) is 35.9 Å². The minimum Gasteiger partial charge on any atom is -0.361 e. The number of H-pyrrole nitrogens is 1. The number of rotatable bonds is 8. The van der Waals surface area contributed by atoms with Crippen molar-refractivity contribution in [2.75, 3.05) is 5.32 Å². The summed E-state index contributed by atoms with van der Waals surface area (Å²) >= 11 is 6.22. The summed E-state index contributed by atoms with van der Waals surface area (Å²) in [4.78, 5) is 33.9. The molecule has 3 heterocycles. The average Bonchev–Trinajstić information content (AvgIpc) is 3.51. The van der Waals surface area contributed by atoms with E-state index in [-0.39, 0.29) is 12.3 Å². The Morgan fingerprint density at radius 1 is 1.00 bits per heavy atom. The monoisotopic (exact) mass is 498 g/mol. The Morgan fingerprint density at radius 2 is 1.81 bits per heavy atom. The van der Waals surface area contributed by atoms with Crippen molar-refractivity contribution in [3.05, 3.63) is 113 Å². The van der Waals surface area contributed by atoms with E-state index in [1.54, 1.807) is 47.4 Å². The van der Waals surface area contributed by atoms with Gasteiger partial charge in [-0.1, -0.05) is 48.0 Å². The van der Waals surface area contributed by atoms with Crippen LogP contribution in [0.4, 0.5) is 5.82 Å². The van der Waals surface area contributed by atoms with Crippen LogP contribution in [0.3, 0.4) is 0 Å². The summed E-state index contributed by atoms with van der Waals surface area (Å²) in [5.74, 6) is -0.433. The molecule has 8 nitrogen and oxygen atoms in total. The Labute approximate surface area is 212 Å². The van der Waals surface area contributed by atoms with E-state index in [1.165, 1.54) is 0 Å². The molecule has 0 bridgehead atoms. The van der Waals surface area contributed by atoms with E-state index in [9.17, 15) is 9.59 Å². The molecular formula is C27H23ClN6O2. The van der Waals surface area contributed by atoms with E-state index in [2.05, 4.69) is 25.7 Å². The van der Waals surface area contributed by atoms with Gasteiger partial charge in [-0.2, -0.15) is 5.10 Å². The Balaban J connectivity index is 1.36. The van der Waals surface area contributed by atoms with Gasteiger partial charge in [0, 0.05) is 42.0 Å². The number of nitrogens with one attached hydrogen (secondary N) is 3. The number of pyridine rings is 1. The number of amides is 2. The van der Waals surface area contributed by atoms with Crippen LogP contribution in [0.1, 0.15) is 21.6 Å². The highest BCUT2D eigenvalue weighted by atomic mass is 35.5. The van der Waals surface area contributed by atoms with Gasteiger partial charge in [0.25, 0.3) is 5.91 Å². The highest BCUT2D eigenvalue weighted by Crippen LogP contribution is 2.20. The van der Waals surface area contributed by atoms with Gasteiger partial charge in [0.2, 0.25) is 5.91 Å². The van der Waals surface area contributed by atoms with Gasteiger partial charge in [-0.25, -0.2) is 0 Å². The summed E-state index contributed by atoms with van der Waals surface area (Å²) < 4.78 is 1.69. The van der Waals surface area contributed by atoms with Crippen molar-refractivity contribution in [1.82, 2.24) is 25.1 Å². The van der Waals surface area contributed by atoms with Crippen molar-refractivity contribution in [3.63, 3.8) is 0 Å². The predicted molar refractivity (Wildman–Crippen MR) is 139 cm³/mol. The number of halogens is 1. The van der Waals surface area contributed by atoms with Crippen molar-refractivity contribution in [2.45, 2.75) is 19.0 Å². The van der Waals surface area contributed by atoms with Gasteiger partial charge in [-0.15, -0.1) is 0 Å². The molecule has 0 aliphatic carbocycles. The fraction of sp³-hybridized carbons (Fsp3) is 0.111. The number of aromatic nitrogens is 4. The minimum atomic E-state index is -0.867. The molecule has 0 saturated carbocycles. The molecule has 2 aromatic carbocycles. The van der Waals surface area contributed by atoms with Crippen LogP contribution >= 0.6 is 11.6 Å². The summed E-state index contributed by atoms with van der Waals surface area (Å²) in [5.41, 5.74) is 3.02. The lowest BCUT2D eigenvalue weighted by Crippen LogP contribution is -2.45. The molecule has 36 heavy (non-hydrogen) atoms. The van der Waals surface area contributed by atoms with E-state index in [4.69, 9.17) is 11.6 Å². The van der Waals surface area contributed by atoms with E-state index in [0.717, 1.165) is 22.2 Å².